The van der Waals surface area contributed by atoms with Crippen molar-refractivity contribution in [2.75, 3.05) is 18.0 Å². The van der Waals surface area contributed by atoms with Crippen LogP contribution in [0.15, 0.2) is 45.7 Å². The smallest absolute Gasteiger partial charge is 0.345 e. The van der Waals surface area contributed by atoms with E-state index in [-0.39, 0.29) is 5.63 Å². The van der Waals surface area contributed by atoms with Gasteiger partial charge in [-0.3, -0.25) is 5.10 Å². The number of hydrogen-bond acceptors (Lipinski definition) is 4. The maximum absolute atomic E-state index is 12.2. The van der Waals surface area contributed by atoms with Crippen LogP contribution in [0.3, 0.4) is 0 Å². The lowest BCUT2D eigenvalue weighted by atomic mass is 10.1. The van der Waals surface area contributed by atoms with Crippen LogP contribution in [0, 0.1) is 0 Å². The number of benzene rings is 1. The molecule has 22 heavy (non-hydrogen) atoms. The van der Waals surface area contributed by atoms with Crippen LogP contribution in [0.2, 0.25) is 0 Å². The topological polar surface area (TPSA) is 62.1 Å². The van der Waals surface area contributed by atoms with E-state index >= 15 is 0 Å². The van der Waals surface area contributed by atoms with Gasteiger partial charge in [0.05, 0.1) is 11.3 Å². The summed E-state index contributed by atoms with van der Waals surface area (Å²) in [7, 11) is 0. The zero-order valence-corrected chi connectivity index (χ0v) is 12.2. The molecule has 112 valence electrons. The second kappa shape index (κ2) is 5.33. The molecule has 5 nitrogen and oxygen atoms in total. The minimum absolute atomic E-state index is 0.351. The molecule has 0 amide bonds. The van der Waals surface area contributed by atoms with Crippen molar-refractivity contribution in [2.24, 2.45) is 0 Å². The summed E-state index contributed by atoms with van der Waals surface area (Å²) in [5.41, 5.74) is 2.50. The zero-order valence-electron chi connectivity index (χ0n) is 12.2. The minimum Gasteiger partial charge on any atom is -0.422 e. The second-order valence-corrected chi connectivity index (χ2v) is 5.68. The van der Waals surface area contributed by atoms with Gasteiger partial charge in [-0.25, -0.2) is 4.79 Å². The first-order valence-electron chi connectivity index (χ1n) is 7.64. The van der Waals surface area contributed by atoms with Crippen LogP contribution in [0.5, 0.6) is 0 Å². The fraction of sp³-hybridized carbons (Fsp3) is 0.294. The van der Waals surface area contributed by atoms with Gasteiger partial charge in [-0.15, -0.1) is 0 Å². The third-order valence-electron chi connectivity index (χ3n) is 4.22. The number of anilines is 1. The number of hydrogen-bond donors (Lipinski definition) is 1. The number of aromatic amines is 1. The van der Waals surface area contributed by atoms with Crippen LogP contribution in [0.25, 0.3) is 22.2 Å². The maximum atomic E-state index is 12.2. The standard InChI is InChI=1S/C17H17N3O2/c21-17-14(15-6-7-18-19-15)10-12-4-5-13(11-16(12)22-17)20-8-2-1-3-9-20/h4-7,10-11H,1-3,8-9H2,(H,18,19). The molecule has 5 heteroatoms. The van der Waals surface area contributed by atoms with Gasteiger partial charge in [0, 0.05) is 36.4 Å². The van der Waals surface area contributed by atoms with Crippen molar-refractivity contribution in [1.29, 1.82) is 0 Å². The largest absolute Gasteiger partial charge is 0.422 e. The summed E-state index contributed by atoms with van der Waals surface area (Å²) in [5, 5.41) is 7.69. The average Bonchev–Trinajstić information content (AvgIpc) is 3.09. The number of nitrogens with one attached hydrogen (secondary N) is 1. The number of rotatable bonds is 2. The first-order chi connectivity index (χ1) is 10.8. The number of H-pyrrole nitrogens is 1. The quantitative estimate of drug-likeness (QED) is 0.738. The van der Waals surface area contributed by atoms with Gasteiger partial charge in [0.2, 0.25) is 0 Å². The third-order valence-corrected chi connectivity index (χ3v) is 4.22. The summed E-state index contributed by atoms with van der Waals surface area (Å²) in [4.78, 5) is 14.5. The molecule has 1 N–H and O–H groups in total. The first kappa shape index (κ1) is 13.1. The van der Waals surface area contributed by atoms with Gasteiger partial charge in [-0.2, -0.15) is 5.10 Å². The Kier molecular flexibility index (Phi) is 3.18. The van der Waals surface area contributed by atoms with Crippen molar-refractivity contribution in [1.82, 2.24) is 10.2 Å². The summed E-state index contributed by atoms with van der Waals surface area (Å²) in [6.07, 6.45) is 5.44. The molecule has 0 saturated carbocycles. The third kappa shape index (κ3) is 2.28. The molecule has 0 unspecified atom stereocenters. The van der Waals surface area contributed by atoms with E-state index in [0.717, 1.165) is 24.2 Å². The molecule has 1 fully saturated rings. The molecule has 0 atom stereocenters. The van der Waals surface area contributed by atoms with E-state index in [0.29, 0.717) is 16.8 Å². The molecular formula is C17H17N3O2. The molecule has 1 aromatic carbocycles. The van der Waals surface area contributed by atoms with E-state index in [2.05, 4.69) is 21.2 Å². The van der Waals surface area contributed by atoms with Gasteiger partial charge in [0.1, 0.15) is 5.58 Å². The molecule has 3 heterocycles. The minimum atomic E-state index is -0.351. The molecule has 2 aromatic heterocycles. The van der Waals surface area contributed by atoms with E-state index in [1.165, 1.54) is 19.3 Å². The predicted octanol–water partition coefficient (Wildman–Crippen LogP) is 3.17. The fourth-order valence-corrected chi connectivity index (χ4v) is 3.04. The molecule has 1 saturated heterocycles. The molecule has 0 radical (unpaired) electrons. The second-order valence-electron chi connectivity index (χ2n) is 5.68. The maximum Gasteiger partial charge on any atom is 0.345 e. The Morgan fingerprint density at radius 1 is 1.09 bits per heavy atom. The van der Waals surface area contributed by atoms with Gasteiger partial charge >= 0.3 is 5.63 Å². The average molecular weight is 295 g/mol. The van der Waals surface area contributed by atoms with Crippen LogP contribution in [-0.2, 0) is 0 Å². The van der Waals surface area contributed by atoms with E-state index < -0.39 is 0 Å². The highest BCUT2D eigenvalue weighted by Crippen LogP contribution is 2.26. The van der Waals surface area contributed by atoms with E-state index in [1.807, 2.05) is 18.2 Å². The Morgan fingerprint density at radius 3 is 2.73 bits per heavy atom. The molecule has 1 aliphatic heterocycles. The van der Waals surface area contributed by atoms with Crippen LogP contribution >= 0.6 is 0 Å². The molecule has 4 rings (SSSR count). The molecule has 3 aromatic rings. The van der Waals surface area contributed by atoms with Crippen molar-refractivity contribution in [3.63, 3.8) is 0 Å². The Balaban J connectivity index is 1.78. The monoisotopic (exact) mass is 295 g/mol. The first-order valence-corrected chi connectivity index (χ1v) is 7.64. The normalized spacial score (nSPS) is 15.4. The lowest BCUT2D eigenvalue weighted by Gasteiger charge is -2.28. The van der Waals surface area contributed by atoms with Crippen LogP contribution in [0.1, 0.15) is 19.3 Å². The Morgan fingerprint density at radius 2 is 1.95 bits per heavy atom. The van der Waals surface area contributed by atoms with E-state index in [1.54, 1.807) is 12.3 Å². The number of piperidine rings is 1. The molecule has 0 aliphatic carbocycles. The summed E-state index contributed by atoms with van der Waals surface area (Å²) < 4.78 is 5.51. The van der Waals surface area contributed by atoms with Gasteiger partial charge in [-0.1, -0.05) is 0 Å². The Hall–Kier alpha value is -2.56. The lowest BCUT2D eigenvalue weighted by Crippen LogP contribution is -2.29. The summed E-state index contributed by atoms with van der Waals surface area (Å²) in [5.74, 6) is 0. The molecule has 1 aliphatic rings. The van der Waals surface area contributed by atoms with Crippen molar-refractivity contribution >= 4 is 16.7 Å². The van der Waals surface area contributed by atoms with Crippen LogP contribution in [-0.4, -0.2) is 23.3 Å². The van der Waals surface area contributed by atoms with Crippen molar-refractivity contribution in [3.05, 3.63) is 46.9 Å². The highest BCUT2D eigenvalue weighted by molar-refractivity contribution is 5.84. The number of nitrogens with zero attached hydrogens (tertiary/aromatic N) is 2. The van der Waals surface area contributed by atoms with Crippen molar-refractivity contribution in [2.45, 2.75) is 19.3 Å². The zero-order chi connectivity index (χ0) is 14.9. The summed E-state index contributed by atoms with van der Waals surface area (Å²) in [6, 6.07) is 9.69. The van der Waals surface area contributed by atoms with Gasteiger partial charge < -0.3 is 9.32 Å². The number of aromatic nitrogens is 2. The van der Waals surface area contributed by atoms with Gasteiger partial charge in [-0.05, 0) is 43.5 Å². The molecule has 0 spiro atoms. The van der Waals surface area contributed by atoms with E-state index in [4.69, 9.17) is 4.42 Å². The highest BCUT2D eigenvalue weighted by atomic mass is 16.4. The van der Waals surface area contributed by atoms with Crippen molar-refractivity contribution in [3.8, 4) is 11.3 Å². The Labute approximate surface area is 127 Å². The van der Waals surface area contributed by atoms with Crippen molar-refractivity contribution < 1.29 is 4.42 Å². The van der Waals surface area contributed by atoms with Crippen LogP contribution < -0.4 is 10.5 Å². The summed E-state index contributed by atoms with van der Waals surface area (Å²) in [6.45, 7) is 2.14. The predicted molar refractivity (Wildman–Crippen MR) is 86.1 cm³/mol. The molecule has 0 bridgehead atoms. The van der Waals surface area contributed by atoms with E-state index in [9.17, 15) is 4.79 Å². The lowest BCUT2D eigenvalue weighted by molar-refractivity contribution is 0.560. The van der Waals surface area contributed by atoms with Gasteiger partial charge in [0.15, 0.2) is 0 Å². The fourth-order valence-electron chi connectivity index (χ4n) is 3.04. The molecular weight excluding hydrogens is 278 g/mol. The summed E-state index contributed by atoms with van der Waals surface area (Å²) >= 11 is 0. The van der Waals surface area contributed by atoms with Gasteiger partial charge in [0.25, 0.3) is 0 Å². The van der Waals surface area contributed by atoms with Crippen LogP contribution in [0.4, 0.5) is 5.69 Å². The SMILES string of the molecule is O=c1oc2cc(N3CCCCC3)ccc2cc1-c1cc[nH]n1. The highest BCUT2D eigenvalue weighted by Gasteiger charge is 2.14. The number of fused-ring (bicyclic) bond motifs is 1. The Bertz CT molecular complexity index is 846.